The number of aromatic amines is 1. The van der Waals surface area contributed by atoms with Crippen LogP contribution in [0.2, 0.25) is 0 Å². The van der Waals surface area contributed by atoms with Crippen molar-refractivity contribution >= 4 is 5.91 Å². The van der Waals surface area contributed by atoms with Gasteiger partial charge in [0, 0.05) is 24.6 Å². The van der Waals surface area contributed by atoms with Crippen molar-refractivity contribution in [2.75, 3.05) is 34.4 Å². The normalized spacial score (nSPS) is 16.3. The number of rotatable bonds is 6. The fourth-order valence-electron chi connectivity index (χ4n) is 4.30. The number of nitrogens with zero attached hydrogens (tertiary/aromatic N) is 2. The summed E-state index contributed by atoms with van der Waals surface area (Å²) in [6.45, 7) is 1.46. The average molecular weight is 436 g/mol. The van der Waals surface area contributed by atoms with Crippen molar-refractivity contribution in [1.82, 2.24) is 15.1 Å². The van der Waals surface area contributed by atoms with Crippen molar-refractivity contribution in [3.8, 4) is 28.5 Å². The van der Waals surface area contributed by atoms with Gasteiger partial charge in [-0.1, -0.05) is 36.8 Å². The zero-order chi connectivity index (χ0) is 22.5. The largest absolute Gasteiger partial charge is 0.493 e. The lowest BCUT2D eigenvalue weighted by Gasteiger charge is -2.24. The van der Waals surface area contributed by atoms with Gasteiger partial charge in [-0.15, -0.1) is 0 Å². The van der Waals surface area contributed by atoms with Crippen LogP contribution in [0.3, 0.4) is 0 Å². The third-order valence-electron chi connectivity index (χ3n) is 6.00. The van der Waals surface area contributed by atoms with Gasteiger partial charge >= 0.3 is 0 Å². The maximum Gasteiger partial charge on any atom is 0.271 e. The summed E-state index contributed by atoms with van der Waals surface area (Å²) in [4.78, 5) is 15.2. The van der Waals surface area contributed by atoms with Crippen molar-refractivity contribution in [2.45, 2.75) is 25.2 Å². The van der Waals surface area contributed by atoms with E-state index in [-0.39, 0.29) is 5.91 Å². The topological polar surface area (TPSA) is 76.7 Å². The lowest BCUT2D eigenvalue weighted by Crippen LogP contribution is -2.34. The van der Waals surface area contributed by atoms with Crippen molar-refractivity contribution in [1.29, 1.82) is 0 Å². The Labute approximate surface area is 188 Å². The second-order valence-corrected chi connectivity index (χ2v) is 7.94. The van der Waals surface area contributed by atoms with Gasteiger partial charge in [-0.25, -0.2) is 0 Å². The fraction of sp³-hybridized carbons (Fsp3) is 0.360. The minimum atomic E-state index is -0.0287. The summed E-state index contributed by atoms with van der Waals surface area (Å²) in [5.41, 5.74) is 3.17. The highest BCUT2D eigenvalue weighted by atomic mass is 16.5. The van der Waals surface area contributed by atoms with Gasteiger partial charge in [0.15, 0.2) is 11.5 Å². The van der Waals surface area contributed by atoms with E-state index in [0.717, 1.165) is 31.4 Å². The molecule has 7 nitrogen and oxygen atoms in total. The number of hydrogen-bond donors (Lipinski definition) is 1. The molecule has 1 unspecified atom stereocenters. The van der Waals surface area contributed by atoms with Crippen molar-refractivity contribution < 1.29 is 19.0 Å². The first-order chi connectivity index (χ1) is 15.6. The van der Waals surface area contributed by atoms with Crippen LogP contribution in [-0.4, -0.2) is 55.4 Å². The molecule has 7 heteroatoms. The van der Waals surface area contributed by atoms with Crippen molar-refractivity contribution in [3.05, 3.63) is 59.8 Å². The van der Waals surface area contributed by atoms with E-state index in [2.05, 4.69) is 34.5 Å². The first-order valence-electron chi connectivity index (χ1n) is 10.8. The molecular weight excluding hydrogens is 406 g/mol. The molecule has 0 spiro atoms. The molecule has 1 aliphatic heterocycles. The number of methoxy groups -OCH3 is 3. The van der Waals surface area contributed by atoms with Gasteiger partial charge in [0.25, 0.3) is 5.91 Å². The van der Waals surface area contributed by atoms with Crippen LogP contribution in [0.1, 0.15) is 41.2 Å². The molecule has 168 valence electrons. The summed E-state index contributed by atoms with van der Waals surface area (Å²) in [6.07, 6.45) is 3.21. The highest BCUT2D eigenvalue weighted by Gasteiger charge is 2.25. The Kier molecular flexibility index (Phi) is 6.63. The number of carbonyl (C=O) groups excluding carboxylic acids is 1. The first-order valence-corrected chi connectivity index (χ1v) is 10.8. The lowest BCUT2D eigenvalue weighted by atomic mass is 9.94. The molecule has 1 N–H and O–H groups in total. The van der Waals surface area contributed by atoms with Crippen molar-refractivity contribution in [3.63, 3.8) is 0 Å². The summed E-state index contributed by atoms with van der Waals surface area (Å²) >= 11 is 0. The Bertz CT molecular complexity index is 1040. The smallest absolute Gasteiger partial charge is 0.271 e. The van der Waals surface area contributed by atoms with Crippen LogP contribution in [-0.2, 0) is 0 Å². The Hall–Kier alpha value is -3.48. The molecule has 1 atom stereocenters. The lowest BCUT2D eigenvalue weighted by molar-refractivity contribution is 0.0748. The van der Waals surface area contributed by atoms with Crippen LogP contribution >= 0.6 is 0 Å². The molecule has 0 aliphatic carbocycles. The van der Waals surface area contributed by atoms with E-state index in [1.807, 2.05) is 23.1 Å². The molecule has 0 radical (unpaired) electrons. The molecule has 2 heterocycles. The Morgan fingerprint density at radius 1 is 1.00 bits per heavy atom. The quantitative estimate of drug-likeness (QED) is 0.616. The van der Waals surface area contributed by atoms with Crippen molar-refractivity contribution in [2.24, 2.45) is 0 Å². The van der Waals surface area contributed by atoms with E-state index in [1.165, 1.54) is 5.56 Å². The standard InChI is InChI=1S/C25H29N3O4/c1-30-22-13-19(14-23(31-2)24(22)32-3)20-15-21(27-26-20)25(29)28-12-8-7-11-18(16-28)17-9-5-4-6-10-17/h4-6,9-10,13-15,18H,7-8,11-12,16H2,1-3H3,(H,26,27). The number of likely N-dealkylation sites (tertiary alicyclic amines) is 1. The maximum atomic E-state index is 13.3. The Morgan fingerprint density at radius 2 is 1.72 bits per heavy atom. The number of amides is 1. The highest BCUT2D eigenvalue weighted by molar-refractivity contribution is 5.93. The number of carbonyl (C=O) groups is 1. The number of ether oxygens (including phenoxy) is 3. The minimum absolute atomic E-state index is 0.0287. The molecule has 4 rings (SSSR count). The van der Waals surface area contributed by atoms with E-state index in [9.17, 15) is 4.79 Å². The number of aromatic nitrogens is 2. The van der Waals surface area contributed by atoms with Crippen LogP contribution in [0.4, 0.5) is 0 Å². The van der Waals surface area contributed by atoms with E-state index in [0.29, 0.717) is 41.1 Å². The number of benzene rings is 2. The number of H-pyrrole nitrogens is 1. The fourth-order valence-corrected chi connectivity index (χ4v) is 4.30. The van der Waals surface area contributed by atoms with Crippen LogP contribution in [0.15, 0.2) is 48.5 Å². The molecule has 3 aromatic rings. The van der Waals surface area contributed by atoms with Crippen LogP contribution in [0, 0.1) is 0 Å². The molecule has 0 saturated carbocycles. The highest BCUT2D eigenvalue weighted by Crippen LogP contribution is 2.41. The summed E-state index contributed by atoms with van der Waals surface area (Å²) in [5, 5.41) is 7.31. The predicted molar refractivity (Wildman–Crippen MR) is 123 cm³/mol. The van der Waals surface area contributed by atoms with Gasteiger partial charge in [0.1, 0.15) is 5.69 Å². The monoisotopic (exact) mass is 435 g/mol. The molecule has 1 aliphatic rings. The molecule has 2 aromatic carbocycles. The summed E-state index contributed by atoms with van der Waals surface area (Å²) in [7, 11) is 4.71. The van der Waals surface area contributed by atoms with Gasteiger partial charge in [0.2, 0.25) is 5.75 Å². The van der Waals surface area contributed by atoms with E-state index in [4.69, 9.17) is 14.2 Å². The summed E-state index contributed by atoms with van der Waals surface area (Å²) in [6, 6.07) is 15.9. The second-order valence-electron chi connectivity index (χ2n) is 7.94. The van der Waals surface area contributed by atoms with Crippen LogP contribution in [0.25, 0.3) is 11.3 Å². The zero-order valence-electron chi connectivity index (χ0n) is 18.8. The summed E-state index contributed by atoms with van der Waals surface area (Å²) in [5.74, 6) is 1.91. The number of hydrogen-bond acceptors (Lipinski definition) is 5. The maximum absolute atomic E-state index is 13.3. The third kappa shape index (κ3) is 4.42. The molecule has 1 amide bonds. The minimum Gasteiger partial charge on any atom is -0.493 e. The van der Waals surface area contributed by atoms with Crippen LogP contribution in [0.5, 0.6) is 17.2 Å². The molecule has 1 aromatic heterocycles. The first kappa shape index (κ1) is 21.7. The Morgan fingerprint density at radius 3 is 2.38 bits per heavy atom. The summed E-state index contributed by atoms with van der Waals surface area (Å²) < 4.78 is 16.3. The van der Waals surface area contributed by atoms with Gasteiger partial charge in [-0.3, -0.25) is 9.89 Å². The van der Waals surface area contributed by atoms with Gasteiger partial charge in [-0.05, 0) is 36.6 Å². The van der Waals surface area contributed by atoms with Gasteiger partial charge in [0.05, 0.1) is 27.0 Å². The van der Waals surface area contributed by atoms with E-state index in [1.54, 1.807) is 27.4 Å². The molecular formula is C25H29N3O4. The predicted octanol–water partition coefficient (Wildman–Crippen LogP) is 4.51. The van der Waals surface area contributed by atoms with Gasteiger partial charge < -0.3 is 19.1 Å². The second kappa shape index (κ2) is 9.77. The van der Waals surface area contributed by atoms with E-state index >= 15 is 0 Å². The molecule has 1 saturated heterocycles. The molecule has 0 bridgehead atoms. The zero-order valence-corrected chi connectivity index (χ0v) is 18.8. The van der Waals surface area contributed by atoms with Gasteiger partial charge in [-0.2, -0.15) is 5.10 Å². The molecule has 1 fully saturated rings. The Balaban J connectivity index is 1.57. The van der Waals surface area contributed by atoms with Crippen LogP contribution < -0.4 is 14.2 Å². The third-order valence-corrected chi connectivity index (χ3v) is 6.00. The van der Waals surface area contributed by atoms with E-state index < -0.39 is 0 Å². The molecule has 32 heavy (non-hydrogen) atoms. The number of nitrogens with one attached hydrogen (secondary N) is 1. The SMILES string of the molecule is COc1cc(-c2cc(C(=O)N3CCCCC(c4ccccc4)C3)[nH]n2)cc(OC)c1OC. The average Bonchev–Trinajstić information content (AvgIpc) is 3.21.